The quantitative estimate of drug-likeness (QED) is 0.613. The lowest BCUT2D eigenvalue weighted by molar-refractivity contribution is 1.02. The molecule has 0 spiro atoms. The SMILES string of the molecule is N#CCN1CSc2ccccc21. The Morgan fingerprint density at radius 2 is 2.33 bits per heavy atom. The normalized spacial score (nSPS) is 14.1. The van der Waals surface area contributed by atoms with E-state index in [1.54, 1.807) is 11.8 Å². The maximum Gasteiger partial charge on any atom is 0.106 e. The fourth-order valence-corrected chi connectivity index (χ4v) is 2.32. The first kappa shape index (κ1) is 7.51. The molecule has 12 heavy (non-hydrogen) atoms. The van der Waals surface area contributed by atoms with Crippen molar-refractivity contribution in [2.45, 2.75) is 4.90 Å². The van der Waals surface area contributed by atoms with E-state index in [4.69, 9.17) is 5.26 Å². The number of hydrogen-bond donors (Lipinski definition) is 0. The molecule has 1 aromatic carbocycles. The zero-order valence-corrected chi connectivity index (χ0v) is 7.34. The molecule has 0 amide bonds. The van der Waals surface area contributed by atoms with Crippen LogP contribution in [0.4, 0.5) is 5.69 Å². The maximum absolute atomic E-state index is 8.55. The summed E-state index contributed by atoms with van der Waals surface area (Å²) in [4.78, 5) is 3.37. The first-order valence-electron chi connectivity index (χ1n) is 3.75. The Balaban J connectivity index is 2.31. The lowest BCUT2D eigenvalue weighted by atomic mass is 10.3. The van der Waals surface area contributed by atoms with Gasteiger partial charge in [0.05, 0.1) is 17.6 Å². The van der Waals surface area contributed by atoms with E-state index >= 15 is 0 Å². The van der Waals surface area contributed by atoms with Gasteiger partial charge in [0.2, 0.25) is 0 Å². The van der Waals surface area contributed by atoms with Gasteiger partial charge in [-0.25, -0.2) is 0 Å². The molecule has 0 bridgehead atoms. The molecule has 0 fully saturated rings. The van der Waals surface area contributed by atoms with Crippen molar-refractivity contribution in [3.63, 3.8) is 0 Å². The summed E-state index contributed by atoms with van der Waals surface area (Å²) in [6, 6.07) is 10.4. The second kappa shape index (κ2) is 3.08. The van der Waals surface area contributed by atoms with Crippen molar-refractivity contribution in [1.82, 2.24) is 0 Å². The molecule has 0 aliphatic carbocycles. The van der Waals surface area contributed by atoms with Crippen molar-refractivity contribution in [2.75, 3.05) is 17.3 Å². The standard InChI is InChI=1S/C9H8N2S/c10-5-6-11-7-12-9-4-2-1-3-8(9)11/h1-4H,6-7H2. The number of thioether (sulfide) groups is 1. The van der Waals surface area contributed by atoms with E-state index in [0.717, 1.165) is 5.88 Å². The molecular formula is C9H8N2S. The van der Waals surface area contributed by atoms with E-state index in [1.807, 2.05) is 12.1 Å². The summed E-state index contributed by atoms with van der Waals surface area (Å²) >= 11 is 1.79. The smallest absolute Gasteiger partial charge is 0.106 e. The van der Waals surface area contributed by atoms with Crippen LogP contribution in [-0.2, 0) is 0 Å². The first-order valence-corrected chi connectivity index (χ1v) is 4.74. The molecule has 0 radical (unpaired) electrons. The number of fused-ring (bicyclic) bond motifs is 1. The third-order valence-corrected chi connectivity index (χ3v) is 2.94. The summed E-state index contributed by atoms with van der Waals surface area (Å²) in [6.07, 6.45) is 0. The van der Waals surface area contributed by atoms with Crippen molar-refractivity contribution in [1.29, 1.82) is 5.26 Å². The van der Waals surface area contributed by atoms with E-state index in [1.165, 1.54) is 10.6 Å². The van der Waals surface area contributed by atoms with Crippen molar-refractivity contribution in [2.24, 2.45) is 0 Å². The molecule has 1 aliphatic rings. The third kappa shape index (κ3) is 1.15. The number of para-hydroxylation sites is 1. The second-order valence-corrected chi connectivity index (χ2v) is 3.58. The van der Waals surface area contributed by atoms with Crippen LogP contribution in [0.5, 0.6) is 0 Å². The predicted molar refractivity (Wildman–Crippen MR) is 50.1 cm³/mol. The number of benzene rings is 1. The molecule has 3 heteroatoms. The van der Waals surface area contributed by atoms with Crippen molar-refractivity contribution >= 4 is 17.4 Å². The van der Waals surface area contributed by atoms with Crippen LogP contribution >= 0.6 is 11.8 Å². The van der Waals surface area contributed by atoms with Crippen LogP contribution in [0.1, 0.15) is 0 Å². The van der Waals surface area contributed by atoms with Crippen molar-refractivity contribution < 1.29 is 0 Å². The average Bonchev–Trinajstić information content (AvgIpc) is 2.50. The second-order valence-electron chi connectivity index (χ2n) is 2.60. The Kier molecular flexibility index (Phi) is 1.92. The molecule has 0 unspecified atom stereocenters. The molecule has 0 atom stereocenters. The molecule has 1 aliphatic heterocycles. The van der Waals surface area contributed by atoms with E-state index in [2.05, 4.69) is 23.1 Å². The summed E-state index contributed by atoms with van der Waals surface area (Å²) in [5.74, 6) is 0.910. The van der Waals surface area contributed by atoms with Gasteiger partial charge in [-0.1, -0.05) is 12.1 Å². The van der Waals surface area contributed by atoms with Crippen LogP contribution in [0, 0.1) is 11.3 Å². The first-order chi connectivity index (χ1) is 5.92. The minimum absolute atomic E-state index is 0.490. The number of hydrogen-bond acceptors (Lipinski definition) is 3. The van der Waals surface area contributed by atoms with Gasteiger partial charge in [-0.15, -0.1) is 11.8 Å². The van der Waals surface area contributed by atoms with Crippen molar-refractivity contribution in [3.8, 4) is 6.07 Å². The Bertz CT molecular complexity index is 330. The number of anilines is 1. The molecule has 0 saturated carbocycles. The Morgan fingerprint density at radius 1 is 1.50 bits per heavy atom. The highest BCUT2D eigenvalue weighted by Gasteiger charge is 2.17. The monoisotopic (exact) mass is 176 g/mol. The molecule has 0 saturated heterocycles. The highest BCUT2D eigenvalue weighted by molar-refractivity contribution is 7.99. The lowest BCUT2D eigenvalue weighted by Gasteiger charge is -2.12. The Hall–Kier alpha value is -1.14. The largest absolute Gasteiger partial charge is 0.348 e. The van der Waals surface area contributed by atoms with Gasteiger partial charge in [0.15, 0.2) is 0 Å². The zero-order chi connectivity index (χ0) is 8.39. The van der Waals surface area contributed by atoms with Crippen LogP contribution in [0.2, 0.25) is 0 Å². The number of nitriles is 1. The third-order valence-electron chi connectivity index (χ3n) is 1.84. The zero-order valence-electron chi connectivity index (χ0n) is 6.53. The topological polar surface area (TPSA) is 27.0 Å². The Labute approximate surface area is 75.8 Å². The summed E-state index contributed by atoms with van der Waals surface area (Å²) in [7, 11) is 0. The Morgan fingerprint density at radius 3 is 3.17 bits per heavy atom. The molecule has 2 nitrogen and oxygen atoms in total. The van der Waals surface area contributed by atoms with E-state index < -0.39 is 0 Å². The highest BCUT2D eigenvalue weighted by Crippen LogP contribution is 2.37. The summed E-state index contributed by atoms with van der Waals surface area (Å²) < 4.78 is 0. The molecule has 0 aromatic heterocycles. The average molecular weight is 176 g/mol. The molecule has 1 heterocycles. The van der Waals surface area contributed by atoms with Crippen LogP contribution in [0.15, 0.2) is 29.2 Å². The lowest BCUT2D eigenvalue weighted by Crippen LogP contribution is -2.18. The molecule has 2 rings (SSSR count). The van der Waals surface area contributed by atoms with Crippen LogP contribution in [0.25, 0.3) is 0 Å². The summed E-state index contributed by atoms with van der Waals surface area (Å²) in [5.41, 5.74) is 1.20. The van der Waals surface area contributed by atoms with Crippen LogP contribution in [-0.4, -0.2) is 12.4 Å². The van der Waals surface area contributed by atoms with Gasteiger partial charge >= 0.3 is 0 Å². The highest BCUT2D eigenvalue weighted by atomic mass is 32.2. The van der Waals surface area contributed by atoms with Gasteiger partial charge in [-0.3, -0.25) is 0 Å². The fraction of sp³-hybridized carbons (Fsp3) is 0.222. The summed E-state index contributed by atoms with van der Waals surface area (Å²) in [5, 5.41) is 8.55. The summed E-state index contributed by atoms with van der Waals surface area (Å²) in [6.45, 7) is 0.490. The van der Waals surface area contributed by atoms with Gasteiger partial charge in [-0.2, -0.15) is 5.26 Å². The number of nitrogens with zero attached hydrogens (tertiary/aromatic N) is 2. The maximum atomic E-state index is 8.55. The molecule has 1 aromatic rings. The van der Waals surface area contributed by atoms with Gasteiger partial charge in [-0.05, 0) is 12.1 Å². The van der Waals surface area contributed by atoms with Crippen LogP contribution < -0.4 is 4.90 Å². The van der Waals surface area contributed by atoms with Gasteiger partial charge in [0.25, 0.3) is 0 Å². The molecular weight excluding hydrogens is 168 g/mol. The molecule has 0 N–H and O–H groups in total. The fourth-order valence-electron chi connectivity index (χ4n) is 1.27. The predicted octanol–water partition coefficient (Wildman–Crippen LogP) is 2.08. The van der Waals surface area contributed by atoms with E-state index in [-0.39, 0.29) is 0 Å². The van der Waals surface area contributed by atoms with Gasteiger partial charge in [0, 0.05) is 4.90 Å². The molecule has 60 valence electrons. The van der Waals surface area contributed by atoms with E-state index in [0.29, 0.717) is 6.54 Å². The van der Waals surface area contributed by atoms with Crippen molar-refractivity contribution in [3.05, 3.63) is 24.3 Å². The minimum atomic E-state index is 0.490. The minimum Gasteiger partial charge on any atom is -0.348 e. The van der Waals surface area contributed by atoms with Crippen LogP contribution in [0.3, 0.4) is 0 Å². The van der Waals surface area contributed by atoms with E-state index in [9.17, 15) is 0 Å². The van der Waals surface area contributed by atoms with Gasteiger partial charge in [0.1, 0.15) is 6.54 Å². The van der Waals surface area contributed by atoms with Gasteiger partial charge < -0.3 is 4.90 Å². The number of rotatable bonds is 1.